The minimum absolute atomic E-state index is 0.141. The van der Waals surface area contributed by atoms with Crippen LogP contribution in [-0.2, 0) is 20.8 Å². The van der Waals surface area contributed by atoms with E-state index in [4.69, 9.17) is 10.7 Å². The van der Waals surface area contributed by atoms with E-state index in [-0.39, 0.29) is 40.8 Å². The van der Waals surface area contributed by atoms with Gasteiger partial charge in [0.15, 0.2) is 5.78 Å². The summed E-state index contributed by atoms with van der Waals surface area (Å²) in [6, 6.07) is 23.4. The van der Waals surface area contributed by atoms with E-state index in [1.807, 2.05) is 0 Å². The molecule has 4 aromatic carbocycles. The van der Waals surface area contributed by atoms with Crippen LogP contribution in [0, 0.1) is 0 Å². The van der Waals surface area contributed by atoms with E-state index in [9.17, 15) is 24.0 Å². The van der Waals surface area contributed by atoms with Crippen molar-refractivity contribution in [1.82, 2.24) is 20.4 Å². The molecule has 322 valence electrons. The number of hydrogen-bond donors (Lipinski definition) is 5. The van der Waals surface area contributed by atoms with E-state index in [1.165, 1.54) is 0 Å². The SMILES string of the molecule is CCN(CC)CCCNC(=O)c1cc(C(=O)NCCCN(CC)CC)cc(C(ON)c2ccc(N=NC(C(=O)Nc3ccc4c(c3)NC(=O)C4)C(=O)c3ccccc3)cc2)c1. The minimum Gasteiger partial charge on any atom is -0.352 e. The van der Waals surface area contributed by atoms with Gasteiger partial charge >= 0.3 is 0 Å². The monoisotopic (exact) mass is 831 g/mol. The highest BCUT2D eigenvalue weighted by Gasteiger charge is 2.29. The third kappa shape index (κ3) is 12.9. The summed E-state index contributed by atoms with van der Waals surface area (Å²) in [6.45, 7) is 14.7. The number of benzene rings is 4. The third-order valence-electron chi connectivity index (χ3n) is 10.6. The van der Waals surface area contributed by atoms with Crippen molar-refractivity contribution in [2.24, 2.45) is 16.1 Å². The van der Waals surface area contributed by atoms with Crippen LogP contribution in [0.2, 0.25) is 0 Å². The molecule has 5 rings (SSSR count). The number of rotatable bonds is 23. The Balaban J connectivity index is 1.36. The maximum Gasteiger partial charge on any atom is 0.259 e. The van der Waals surface area contributed by atoms with Crippen molar-refractivity contribution in [2.75, 3.05) is 63.0 Å². The smallest absolute Gasteiger partial charge is 0.259 e. The zero-order chi connectivity index (χ0) is 43.7. The molecule has 0 fully saturated rings. The predicted octanol–water partition coefficient (Wildman–Crippen LogP) is 6.06. The van der Waals surface area contributed by atoms with Gasteiger partial charge in [-0.3, -0.25) is 28.8 Å². The molecule has 0 saturated heterocycles. The standard InChI is InChI=1S/C46H57N9O6/c1-5-54(6-2)24-12-22-48-44(58)35-26-34(27-36(28-35)45(59)49-23-13-25-55(7-3)8-4)43(61-47)32-16-19-37(20-17-32)52-53-41(42(57)31-14-10-9-11-15-31)46(60)50-38-21-18-33-29-40(56)51-39(33)30-38/h9-11,14-21,26-28,30,41,43H,5-8,12-13,22-25,29,47H2,1-4H3,(H,48,58)(H,49,59)(H,50,60)(H,51,56). The molecule has 0 saturated carbocycles. The van der Waals surface area contributed by atoms with Crippen LogP contribution in [0.1, 0.15) is 94.4 Å². The van der Waals surface area contributed by atoms with E-state index in [1.54, 1.807) is 91.0 Å². The molecular formula is C46H57N9O6. The van der Waals surface area contributed by atoms with Crippen molar-refractivity contribution in [3.8, 4) is 0 Å². The second kappa shape index (κ2) is 23.0. The Morgan fingerprint density at radius 3 is 1.89 bits per heavy atom. The highest BCUT2D eigenvalue weighted by molar-refractivity contribution is 6.17. The van der Waals surface area contributed by atoms with Gasteiger partial charge in [0.2, 0.25) is 11.9 Å². The van der Waals surface area contributed by atoms with Gasteiger partial charge in [0, 0.05) is 41.2 Å². The average Bonchev–Trinajstić information content (AvgIpc) is 3.66. The number of fused-ring (bicyclic) bond motifs is 1. The summed E-state index contributed by atoms with van der Waals surface area (Å²) < 4.78 is 0. The number of nitrogens with one attached hydrogen (secondary N) is 4. The molecule has 4 amide bonds. The zero-order valence-electron chi connectivity index (χ0n) is 35.4. The first kappa shape index (κ1) is 45.9. The van der Waals surface area contributed by atoms with Crippen molar-refractivity contribution in [1.29, 1.82) is 0 Å². The van der Waals surface area contributed by atoms with Gasteiger partial charge in [-0.2, -0.15) is 10.2 Å². The number of ketones is 1. The predicted molar refractivity (Wildman–Crippen MR) is 236 cm³/mol. The Morgan fingerprint density at radius 2 is 1.33 bits per heavy atom. The number of hydrogen-bond acceptors (Lipinski definition) is 11. The number of anilines is 2. The number of carbonyl (C=O) groups excluding carboxylic acids is 5. The van der Waals surface area contributed by atoms with Gasteiger partial charge in [-0.1, -0.05) is 76.2 Å². The molecule has 1 heterocycles. The molecule has 0 radical (unpaired) electrons. The molecule has 15 nitrogen and oxygen atoms in total. The molecular weight excluding hydrogens is 775 g/mol. The van der Waals surface area contributed by atoms with Crippen molar-refractivity contribution in [3.05, 3.63) is 124 Å². The first-order chi connectivity index (χ1) is 29.6. The van der Waals surface area contributed by atoms with Crippen LogP contribution in [0.4, 0.5) is 17.1 Å². The number of amides is 4. The first-order valence-corrected chi connectivity index (χ1v) is 20.9. The topological polar surface area (TPSA) is 200 Å². The summed E-state index contributed by atoms with van der Waals surface area (Å²) >= 11 is 0. The zero-order valence-corrected chi connectivity index (χ0v) is 35.4. The lowest BCUT2D eigenvalue weighted by Crippen LogP contribution is -2.33. The molecule has 61 heavy (non-hydrogen) atoms. The van der Waals surface area contributed by atoms with Gasteiger partial charge in [-0.15, -0.1) is 0 Å². The summed E-state index contributed by atoms with van der Waals surface area (Å²) in [5.41, 5.74) is 4.05. The maximum absolute atomic E-state index is 13.6. The van der Waals surface area contributed by atoms with Crippen LogP contribution < -0.4 is 27.2 Å². The summed E-state index contributed by atoms with van der Waals surface area (Å²) in [7, 11) is 0. The number of carbonyl (C=O) groups is 5. The quantitative estimate of drug-likeness (QED) is 0.0194. The van der Waals surface area contributed by atoms with Crippen molar-refractivity contribution >= 4 is 46.5 Å². The number of nitrogens with two attached hydrogens (primary N) is 1. The summed E-state index contributed by atoms with van der Waals surface area (Å²) in [6.07, 6.45) is 0.908. The Hall–Kier alpha value is -6.13. The van der Waals surface area contributed by atoms with Gasteiger partial charge in [-0.05, 0) is 111 Å². The maximum atomic E-state index is 13.6. The second-order valence-electron chi connectivity index (χ2n) is 14.7. The largest absolute Gasteiger partial charge is 0.352 e. The van der Waals surface area contributed by atoms with Gasteiger partial charge in [0.05, 0.1) is 12.1 Å². The van der Waals surface area contributed by atoms with E-state index in [2.05, 4.69) is 69.0 Å². The molecule has 2 unspecified atom stereocenters. The average molecular weight is 832 g/mol. The molecule has 1 aliphatic heterocycles. The normalized spacial score (nSPS) is 13.2. The van der Waals surface area contributed by atoms with Gasteiger partial charge < -0.3 is 31.1 Å². The summed E-state index contributed by atoms with van der Waals surface area (Å²) in [5, 5.41) is 19.9. The summed E-state index contributed by atoms with van der Waals surface area (Å²) in [4.78, 5) is 76.1. The molecule has 1 aliphatic rings. The third-order valence-corrected chi connectivity index (χ3v) is 10.6. The Morgan fingerprint density at radius 1 is 0.738 bits per heavy atom. The van der Waals surface area contributed by atoms with Crippen LogP contribution in [0.15, 0.2) is 101 Å². The van der Waals surface area contributed by atoms with E-state index < -0.39 is 23.8 Å². The second-order valence-corrected chi connectivity index (χ2v) is 14.7. The molecule has 0 spiro atoms. The number of nitrogens with zero attached hydrogens (tertiary/aromatic N) is 4. The van der Waals surface area contributed by atoms with Gasteiger partial charge in [0.25, 0.3) is 17.7 Å². The van der Waals surface area contributed by atoms with Crippen LogP contribution >= 0.6 is 0 Å². The van der Waals surface area contributed by atoms with Crippen LogP contribution in [0.25, 0.3) is 0 Å². The molecule has 4 aromatic rings. The van der Waals surface area contributed by atoms with Gasteiger partial charge in [-0.25, -0.2) is 5.90 Å². The lowest BCUT2D eigenvalue weighted by atomic mass is 9.96. The van der Waals surface area contributed by atoms with Crippen molar-refractivity contribution in [3.63, 3.8) is 0 Å². The molecule has 0 aliphatic carbocycles. The Kier molecular flexibility index (Phi) is 17.3. The fraction of sp³-hybridized carbons (Fsp3) is 0.370. The van der Waals surface area contributed by atoms with Crippen molar-refractivity contribution in [2.45, 2.75) is 59.1 Å². The van der Waals surface area contributed by atoms with Crippen LogP contribution in [-0.4, -0.2) is 97.6 Å². The van der Waals surface area contributed by atoms with Gasteiger partial charge in [0.1, 0.15) is 6.10 Å². The Labute approximate surface area is 357 Å². The number of azo groups is 1. The van der Waals surface area contributed by atoms with E-state index in [0.29, 0.717) is 41.3 Å². The molecule has 6 N–H and O–H groups in total. The number of Topliss-reactive ketones (excluding diaryl/α,β-unsaturated/α-hetero) is 1. The fourth-order valence-corrected chi connectivity index (χ4v) is 7.03. The fourth-order valence-electron chi connectivity index (χ4n) is 7.03. The lowest BCUT2D eigenvalue weighted by Gasteiger charge is -2.19. The molecule has 15 heteroatoms. The minimum atomic E-state index is -1.53. The molecule has 2 atom stereocenters. The van der Waals surface area contributed by atoms with Crippen LogP contribution in [0.3, 0.4) is 0 Å². The van der Waals surface area contributed by atoms with Crippen molar-refractivity contribution < 1.29 is 28.8 Å². The molecule has 0 aromatic heterocycles. The van der Waals surface area contributed by atoms with E-state index >= 15 is 0 Å². The van der Waals surface area contributed by atoms with Crippen LogP contribution in [0.5, 0.6) is 0 Å². The lowest BCUT2D eigenvalue weighted by molar-refractivity contribution is -0.116. The van der Waals surface area contributed by atoms with E-state index in [0.717, 1.165) is 57.7 Å². The Bertz CT molecular complexity index is 2100. The first-order valence-electron chi connectivity index (χ1n) is 20.9. The molecule has 0 bridgehead atoms. The highest BCUT2D eigenvalue weighted by atomic mass is 16.6. The highest BCUT2D eigenvalue weighted by Crippen LogP contribution is 2.30. The summed E-state index contributed by atoms with van der Waals surface area (Å²) in [5.74, 6) is 3.85.